The third-order valence-electron chi connectivity index (χ3n) is 2.63. The summed E-state index contributed by atoms with van der Waals surface area (Å²) in [5.41, 5.74) is 0.0205. The van der Waals surface area contributed by atoms with Crippen LogP contribution in [-0.4, -0.2) is 17.0 Å². The SMILES string of the molecule is O=C(O)c1ccc(NC(=O)c2ccc(Cl)cc2Br)cc1F. The molecule has 2 N–H and O–H groups in total. The molecule has 108 valence electrons. The van der Waals surface area contributed by atoms with E-state index in [-0.39, 0.29) is 5.69 Å². The molecular formula is C14H8BrClFNO3. The van der Waals surface area contributed by atoms with Crippen molar-refractivity contribution in [2.75, 3.05) is 5.32 Å². The van der Waals surface area contributed by atoms with Crippen LogP contribution < -0.4 is 5.32 Å². The number of anilines is 1. The number of nitrogens with one attached hydrogen (secondary N) is 1. The lowest BCUT2D eigenvalue weighted by atomic mass is 10.1. The molecule has 0 unspecified atom stereocenters. The van der Waals surface area contributed by atoms with Gasteiger partial charge in [0.25, 0.3) is 5.91 Å². The molecule has 0 aliphatic rings. The van der Waals surface area contributed by atoms with Crippen molar-refractivity contribution < 1.29 is 19.1 Å². The van der Waals surface area contributed by atoms with Gasteiger partial charge in [0, 0.05) is 15.2 Å². The number of halogens is 3. The molecule has 4 nitrogen and oxygen atoms in total. The van der Waals surface area contributed by atoms with Gasteiger partial charge in [-0.25, -0.2) is 9.18 Å². The summed E-state index contributed by atoms with van der Waals surface area (Å²) in [6.45, 7) is 0. The monoisotopic (exact) mass is 371 g/mol. The highest BCUT2D eigenvalue weighted by Crippen LogP contribution is 2.23. The maximum absolute atomic E-state index is 13.5. The number of amides is 1. The van der Waals surface area contributed by atoms with E-state index >= 15 is 0 Å². The van der Waals surface area contributed by atoms with Crippen molar-refractivity contribution >= 4 is 45.1 Å². The fourth-order valence-electron chi connectivity index (χ4n) is 1.64. The zero-order chi connectivity index (χ0) is 15.6. The minimum atomic E-state index is -1.37. The standard InChI is InChI=1S/C14H8BrClFNO3/c15-11-5-7(16)1-3-9(11)13(19)18-8-2-4-10(14(20)21)12(17)6-8/h1-6H,(H,18,19)(H,20,21). The number of carboxylic acid groups (broad SMARTS) is 1. The summed E-state index contributed by atoms with van der Waals surface area (Å²) >= 11 is 8.99. The van der Waals surface area contributed by atoms with Crippen LogP contribution in [-0.2, 0) is 0 Å². The minimum absolute atomic E-state index is 0.157. The smallest absolute Gasteiger partial charge is 0.338 e. The molecule has 0 saturated heterocycles. The maximum Gasteiger partial charge on any atom is 0.338 e. The normalized spacial score (nSPS) is 10.2. The molecule has 1 amide bonds. The van der Waals surface area contributed by atoms with Gasteiger partial charge in [-0.15, -0.1) is 0 Å². The van der Waals surface area contributed by atoms with Crippen molar-refractivity contribution in [2.24, 2.45) is 0 Å². The van der Waals surface area contributed by atoms with E-state index < -0.39 is 23.3 Å². The maximum atomic E-state index is 13.5. The first-order valence-corrected chi connectivity index (χ1v) is 6.85. The van der Waals surface area contributed by atoms with E-state index in [9.17, 15) is 14.0 Å². The Morgan fingerprint density at radius 2 is 1.81 bits per heavy atom. The summed E-state index contributed by atoms with van der Waals surface area (Å²) in [6.07, 6.45) is 0. The van der Waals surface area contributed by atoms with Crippen molar-refractivity contribution in [1.29, 1.82) is 0 Å². The van der Waals surface area contributed by atoms with Gasteiger partial charge >= 0.3 is 5.97 Å². The van der Waals surface area contributed by atoms with Crippen LogP contribution in [0.4, 0.5) is 10.1 Å². The van der Waals surface area contributed by atoms with Gasteiger partial charge in [0.05, 0.1) is 11.1 Å². The van der Waals surface area contributed by atoms with Gasteiger partial charge < -0.3 is 10.4 Å². The average molecular weight is 373 g/mol. The van der Waals surface area contributed by atoms with Crippen LogP contribution >= 0.6 is 27.5 Å². The minimum Gasteiger partial charge on any atom is -0.478 e. The number of rotatable bonds is 3. The first-order chi connectivity index (χ1) is 9.88. The van der Waals surface area contributed by atoms with Crippen molar-refractivity contribution in [3.05, 3.63) is 62.8 Å². The van der Waals surface area contributed by atoms with Crippen LogP contribution in [0.2, 0.25) is 5.02 Å². The van der Waals surface area contributed by atoms with E-state index in [1.165, 1.54) is 12.1 Å². The van der Waals surface area contributed by atoms with Crippen LogP contribution in [0.15, 0.2) is 40.9 Å². The lowest BCUT2D eigenvalue weighted by Crippen LogP contribution is -2.13. The van der Waals surface area contributed by atoms with Crippen LogP contribution in [0.1, 0.15) is 20.7 Å². The Kier molecular flexibility index (Phi) is 4.59. The summed E-state index contributed by atoms with van der Waals surface area (Å²) in [5.74, 6) is -2.76. The Morgan fingerprint density at radius 1 is 1.14 bits per heavy atom. The van der Waals surface area contributed by atoms with E-state index in [2.05, 4.69) is 21.2 Å². The molecule has 0 aliphatic carbocycles. The molecule has 7 heteroatoms. The first kappa shape index (κ1) is 15.5. The Bertz CT molecular complexity index is 736. The summed E-state index contributed by atoms with van der Waals surface area (Å²) in [6, 6.07) is 7.98. The molecule has 0 aromatic heterocycles. The van der Waals surface area contributed by atoms with Crippen molar-refractivity contribution in [3.8, 4) is 0 Å². The predicted octanol–water partition coefficient (Wildman–Crippen LogP) is 4.19. The van der Waals surface area contributed by atoms with Gasteiger partial charge in [0.15, 0.2) is 0 Å². The van der Waals surface area contributed by atoms with Crippen LogP contribution in [0.3, 0.4) is 0 Å². The number of carboxylic acids is 1. The lowest BCUT2D eigenvalue weighted by Gasteiger charge is -2.08. The molecule has 0 saturated carbocycles. The second-order valence-corrected chi connectivity index (χ2v) is 5.37. The highest BCUT2D eigenvalue weighted by atomic mass is 79.9. The number of benzene rings is 2. The van der Waals surface area contributed by atoms with E-state index in [4.69, 9.17) is 16.7 Å². The van der Waals surface area contributed by atoms with E-state index in [1.807, 2.05) is 0 Å². The molecule has 0 spiro atoms. The zero-order valence-corrected chi connectivity index (χ0v) is 12.7. The highest BCUT2D eigenvalue weighted by Gasteiger charge is 2.14. The first-order valence-electron chi connectivity index (χ1n) is 5.67. The summed E-state index contributed by atoms with van der Waals surface area (Å²) in [7, 11) is 0. The van der Waals surface area contributed by atoms with Gasteiger partial charge in [0.2, 0.25) is 0 Å². The summed E-state index contributed by atoms with van der Waals surface area (Å²) < 4.78 is 14.0. The highest BCUT2D eigenvalue weighted by molar-refractivity contribution is 9.10. The van der Waals surface area contributed by atoms with Crippen LogP contribution in [0, 0.1) is 5.82 Å². The molecule has 21 heavy (non-hydrogen) atoms. The van der Waals surface area contributed by atoms with Gasteiger partial charge in [-0.05, 0) is 52.3 Å². The number of aromatic carboxylic acids is 1. The van der Waals surface area contributed by atoms with Crippen molar-refractivity contribution in [3.63, 3.8) is 0 Å². The number of carbonyl (C=O) groups excluding carboxylic acids is 1. The van der Waals surface area contributed by atoms with Gasteiger partial charge in [0.1, 0.15) is 5.82 Å². The third-order valence-corrected chi connectivity index (χ3v) is 3.52. The fourth-order valence-corrected chi connectivity index (χ4v) is 2.50. The number of hydrogen-bond acceptors (Lipinski definition) is 2. The second-order valence-electron chi connectivity index (χ2n) is 4.08. The zero-order valence-electron chi connectivity index (χ0n) is 10.4. The van der Waals surface area contributed by atoms with Gasteiger partial charge in [-0.2, -0.15) is 0 Å². The number of hydrogen-bond donors (Lipinski definition) is 2. The van der Waals surface area contributed by atoms with E-state index in [0.29, 0.717) is 15.1 Å². The molecule has 0 heterocycles. The van der Waals surface area contributed by atoms with Gasteiger partial charge in [-0.1, -0.05) is 11.6 Å². The van der Waals surface area contributed by atoms with Crippen LogP contribution in [0.25, 0.3) is 0 Å². The molecule has 0 radical (unpaired) electrons. The Balaban J connectivity index is 2.23. The molecule has 2 rings (SSSR count). The summed E-state index contributed by atoms with van der Waals surface area (Å²) in [4.78, 5) is 22.8. The second kappa shape index (κ2) is 6.24. The molecule has 0 bridgehead atoms. The molecular weight excluding hydrogens is 365 g/mol. The van der Waals surface area contributed by atoms with Crippen molar-refractivity contribution in [1.82, 2.24) is 0 Å². The Labute approximate surface area is 132 Å². The topological polar surface area (TPSA) is 66.4 Å². The van der Waals surface area contributed by atoms with Gasteiger partial charge in [-0.3, -0.25) is 4.79 Å². The van der Waals surface area contributed by atoms with Crippen LogP contribution in [0.5, 0.6) is 0 Å². The Hall–Kier alpha value is -1.92. The van der Waals surface area contributed by atoms with Crippen molar-refractivity contribution in [2.45, 2.75) is 0 Å². The largest absolute Gasteiger partial charge is 0.478 e. The predicted molar refractivity (Wildman–Crippen MR) is 80.5 cm³/mol. The average Bonchev–Trinajstić information content (AvgIpc) is 2.37. The quantitative estimate of drug-likeness (QED) is 0.849. The van der Waals surface area contributed by atoms with E-state index in [1.54, 1.807) is 12.1 Å². The van der Waals surface area contributed by atoms with E-state index in [0.717, 1.165) is 12.1 Å². The molecule has 0 aliphatic heterocycles. The molecule has 2 aromatic carbocycles. The molecule has 2 aromatic rings. The fraction of sp³-hybridized carbons (Fsp3) is 0. The Morgan fingerprint density at radius 3 is 2.38 bits per heavy atom. The molecule has 0 atom stereocenters. The summed E-state index contributed by atoms with van der Waals surface area (Å²) in [5, 5.41) is 11.7. The number of carbonyl (C=O) groups is 2. The lowest BCUT2D eigenvalue weighted by molar-refractivity contribution is 0.0692. The molecule has 0 fully saturated rings. The third kappa shape index (κ3) is 3.59.